The van der Waals surface area contributed by atoms with Crippen LogP contribution in [0.2, 0.25) is 0 Å². The van der Waals surface area contributed by atoms with Gasteiger partial charge in [-0.1, -0.05) is 6.42 Å². The number of carbonyl (C=O) groups is 9. The highest BCUT2D eigenvalue weighted by molar-refractivity contribution is 5.97. The van der Waals surface area contributed by atoms with Crippen molar-refractivity contribution in [3.8, 4) is 0 Å². The van der Waals surface area contributed by atoms with E-state index in [0.29, 0.717) is 77.4 Å². The zero-order chi connectivity index (χ0) is 48.3. The fourth-order valence-electron chi connectivity index (χ4n) is 7.50. The van der Waals surface area contributed by atoms with E-state index in [-0.39, 0.29) is 64.1 Å². The van der Waals surface area contributed by atoms with Crippen LogP contribution in [0.25, 0.3) is 0 Å². The minimum atomic E-state index is -1.26. The molecule has 0 aromatic heterocycles. The van der Waals surface area contributed by atoms with Crippen molar-refractivity contribution in [3.05, 3.63) is 0 Å². The van der Waals surface area contributed by atoms with Crippen LogP contribution in [0.5, 0.6) is 0 Å². The van der Waals surface area contributed by atoms with Crippen LogP contribution in [0.1, 0.15) is 96.3 Å². The third-order valence-electron chi connectivity index (χ3n) is 11.0. The summed E-state index contributed by atoms with van der Waals surface area (Å²) in [5.74, 6) is -6.35. The molecule has 0 bridgehead atoms. The molecule has 2 aliphatic heterocycles. The van der Waals surface area contributed by atoms with Crippen LogP contribution in [-0.4, -0.2) is 169 Å². The van der Waals surface area contributed by atoms with Gasteiger partial charge in [-0.15, -0.1) is 0 Å². The summed E-state index contributed by atoms with van der Waals surface area (Å²) in [7, 11) is 0. The van der Waals surface area contributed by atoms with Gasteiger partial charge >= 0.3 is 5.97 Å². The maximum atomic E-state index is 14.4. The lowest BCUT2D eigenvalue weighted by atomic mass is 10.0. The number of guanidine groups is 1. The second kappa shape index (κ2) is 30.5. The molecule has 0 spiro atoms. The van der Waals surface area contributed by atoms with Crippen LogP contribution in [0.4, 0.5) is 0 Å². The Morgan fingerprint density at radius 2 is 1.03 bits per heavy atom. The van der Waals surface area contributed by atoms with Gasteiger partial charge in [-0.25, -0.2) is 0 Å². The molecule has 2 aliphatic rings. The van der Waals surface area contributed by atoms with Crippen LogP contribution in [0.15, 0.2) is 4.99 Å². The number of amides is 8. The molecular weight excluding hydrogens is 851 g/mol. The highest BCUT2D eigenvalue weighted by Gasteiger charge is 2.42. The van der Waals surface area contributed by atoms with Crippen molar-refractivity contribution < 1.29 is 48.3 Å². The highest BCUT2D eigenvalue weighted by Crippen LogP contribution is 2.23. The first-order valence-electron chi connectivity index (χ1n) is 22.5. The Morgan fingerprint density at radius 3 is 1.57 bits per heavy atom. The number of likely N-dealkylation sites (tertiary alicyclic amines) is 2. The second-order valence-electron chi connectivity index (χ2n) is 16.1. The van der Waals surface area contributed by atoms with E-state index in [1.54, 1.807) is 0 Å². The lowest BCUT2D eigenvalue weighted by molar-refractivity contribution is -0.144. The van der Waals surface area contributed by atoms with Gasteiger partial charge < -0.3 is 81.2 Å². The average Bonchev–Trinajstić information content (AvgIpc) is 3.98. The number of nitrogens with zero attached hydrogens (tertiary/aromatic N) is 3. The van der Waals surface area contributed by atoms with Crippen LogP contribution in [0, 0.1) is 0 Å². The number of carboxylic acid groups (broad SMARTS) is 1. The third kappa shape index (κ3) is 20.4. The van der Waals surface area contributed by atoms with Crippen molar-refractivity contribution in [1.29, 1.82) is 0 Å². The van der Waals surface area contributed by atoms with E-state index in [0.717, 1.165) is 0 Å². The van der Waals surface area contributed by atoms with Crippen molar-refractivity contribution in [2.24, 2.45) is 39.4 Å². The van der Waals surface area contributed by atoms with Crippen molar-refractivity contribution in [2.45, 2.75) is 133 Å². The summed E-state index contributed by atoms with van der Waals surface area (Å²) in [5.41, 5.74) is 34.1. The summed E-state index contributed by atoms with van der Waals surface area (Å²) in [6, 6.07) is -6.15. The standard InChI is InChI=1S/C40H73N15O10/c41-16-4-1-10-25(44)34(60)51-26(11-2-5-17-42)35(61)52-28(13-7-19-47-40(45)46)39(65)55-21-9-15-30(55)37(63)53-27(12-3-6-18-43)38(64)54-20-8-14-29(54)36(62)50-23-32(57)48-22-31(56)49-24-33(58)59/h25-30H,1-24,41-44H2,(H,48,57)(H,49,56)(H,50,62)(H,51,60)(H,52,61)(H,53,63)(H,58,59)(H4,45,46,47)/t25-,26-,27-,28-,29-,30-/m0/s1. The van der Waals surface area contributed by atoms with Crippen molar-refractivity contribution >= 4 is 59.2 Å². The van der Waals surface area contributed by atoms with E-state index >= 15 is 0 Å². The Bertz CT molecular complexity index is 1630. The molecule has 0 aromatic carbocycles. The molecule has 0 radical (unpaired) electrons. The van der Waals surface area contributed by atoms with E-state index in [4.69, 9.17) is 39.5 Å². The zero-order valence-corrected chi connectivity index (χ0v) is 37.4. The van der Waals surface area contributed by atoms with Crippen LogP contribution >= 0.6 is 0 Å². The molecule has 2 heterocycles. The zero-order valence-electron chi connectivity index (χ0n) is 37.4. The predicted octanol–water partition coefficient (Wildman–Crippen LogP) is -5.38. The van der Waals surface area contributed by atoms with Crippen molar-refractivity contribution in [3.63, 3.8) is 0 Å². The first kappa shape index (κ1) is 55.5. The Hall–Kier alpha value is -5.66. The number of unbranched alkanes of at least 4 members (excludes halogenated alkanes) is 3. The topological polar surface area (TPSA) is 421 Å². The summed E-state index contributed by atoms with van der Waals surface area (Å²) in [6.45, 7) is -0.0129. The molecular formula is C40H73N15O10. The number of hydrogen-bond acceptors (Lipinski definition) is 14. The molecule has 0 aromatic rings. The number of nitrogens with one attached hydrogen (secondary N) is 6. The molecule has 19 N–H and O–H groups in total. The minimum absolute atomic E-state index is 0.0800. The third-order valence-corrected chi connectivity index (χ3v) is 11.0. The van der Waals surface area contributed by atoms with Gasteiger partial charge in [0.25, 0.3) is 0 Å². The Labute approximate surface area is 379 Å². The van der Waals surface area contributed by atoms with E-state index in [1.807, 2.05) is 0 Å². The fourth-order valence-corrected chi connectivity index (χ4v) is 7.50. The normalized spacial score (nSPS) is 17.5. The largest absolute Gasteiger partial charge is 0.480 e. The number of rotatable bonds is 31. The number of carboxylic acids is 1. The molecule has 368 valence electrons. The van der Waals surface area contributed by atoms with E-state index in [2.05, 4.69) is 36.9 Å². The summed E-state index contributed by atoms with van der Waals surface area (Å²) in [6.07, 6.45) is 5.93. The van der Waals surface area contributed by atoms with Gasteiger partial charge in [-0.3, -0.25) is 48.1 Å². The molecule has 2 fully saturated rings. The molecule has 2 rings (SSSR count). The lowest BCUT2D eigenvalue weighted by Crippen LogP contribution is -2.59. The van der Waals surface area contributed by atoms with Gasteiger partial charge in [-0.2, -0.15) is 0 Å². The summed E-state index contributed by atoms with van der Waals surface area (Å²) in [5, 5.41) is 23.9. The number of aliphatic imine (C=N–C) groups is 1. The first-order valence-corrected chi connectivity index (χ1v) is 22.5. The van der Waals surface area contributed by atoms with Crippen LogP contribution in [-0.2, 0) is 43.2 Å². The summed E-state index contributed by atoms with van der Waals surface area (Å²) in [4.78, 5) is 124. The van der Waals surface area contributed by atoms with Gasteiger partial charge in [0.2, 0.25) is 47.3 Å². The lowest BCUT2D eigenvalue weighted by Gasteiger charge is -2.32. The van der Waals surface area contributed by atoms with Crippen LogP contribution < -0.4 is 66.3 Å². The van der Waals surface area contributed by atoms with Gasteiger partial charge in [-0.05, 0) is 110 Å². The number of aliphatic carboxylic acids is 1. The van der Waals surface area contributed by atoms with Gasteiger partial charge in [0.1, 0.15) is 36.8 Å². The van der Waals surface area contributed by atoms with E-state index in [1.165, 1.54) is 9.80 Å². The van der Waals surface area contributed by atoms with Gasteiger partial charge in [0.05, 0.1) is 19.1 Å². The predicted molar refractivity (Wildman–Crippen MR) is 239 cm³/mol. The second-order valence-corrected chi connectivity index (χ2v) is 16.1. The molecule has 25 nitrogen and oxygen atoms in total. The van der Waals surface area contributed by atoms with E-state index in [9.17, 15) is 43.2 Å². The summed E-state index contributed by atoms with van der Waals surface area (Å²) < 4.78 is 0. The number of nitrogens with two attached hydrogens (primary N) is 6. The minimum Gasteiger partial charge on any atom is -0.480 e. The molecule has 0 aliphatic carbocycles. The van der Waals surface area contributed by atoms with Crippen molar-refractivity contribution in [2.75, 3.05) is 58.9 Å². The number of hydrogen-bond donors (Lipinski definition) is 13. The molecule has 25 heteroatoms. The monoisotopic (exact) mass is 924 g/mol. The maximum absolute atomic E-state index is 14.4. The smallest absolute Gasteiger partial charge is 0.322 e. The fraction of sp³-hybridized carbons (Fsp3) is 0.750. The highest BCUT2D eigenvalue weighted by atomic mass is 16.4. The molecule has 0 unspecified atom stereocenters. The van der Waals surface area contributed by atoms with E-state index < -0.39 is 109 Å². The molecule has 2 saturated heterocycles. The Morgan fingerprint density at radius 1 is 0.569 bits per heavy atom. The quantitative estimate of drug-likeness (QED) is 0.0175. The SMILES string of the molecule is NCCCC[C@H](NC(=O)[C@@H](N)CCCCN)C(=O)N[C@@H](CCCN=C(N)N)C(=O)N1CCC[C@H]1C(=O)N[C@@H](CCCCN)C(=O)N1CCC[C@H]1C(=O)NCC(=O)NCC(=O)NCC(=O)O. The van der Waals surface area contributed by atoms with Crippen molar-refractivity contribution in [1.82, 2.24) is 41.7 Å². The number of carbonyl (C=O) groups excluding carboxylic acids is 8. The van der Waals surface area contributed by atoms with Gasteiger partial charge in [0.15, 0.2) is 5.96 Å². The van der Waals surface area contributed by atoms with Gasteiger partial charge in [0, 0.05) is 19.6 Å². The molecule has 6 atom stereocenters. The molecule has 65 heavy (non-hydrogen) atoms. The Kier molecular flexibility index (Phi) is 26.0. The average molecular weight is 924 g/mol. The first-order chi connectivity index (χ1) is 31.0. The summed E-state index contributed by atoms with van der Waals surface area (Å²) >= 11 is 0. The maximum Gasteiger partial charge on any atom is 0.322 e. The molecule has 8 amide bonds. The molecule has 0 saturated carbocycles. The Balaban J connectivity index is 2.24. The van der Waals surface area contributed by atoms with Crippen LogP contribution in [0.3, 0.4) is 0 Å².